The summed E-state index contributed by atoms with van der Waals surface area (Å²) in [5.41, 5.74) is 1.82. The van der Waals surface area contributed by atoms with Crippen molar-refractivity contribution in [2.24, 2.45) is 0 Å². The zero-order valence-electron chi connectivity index (χ0n) is 18.1. The predicted molar refractivity (Wildman–Crippen MR) is 115 cm³/mol. The van der Waals surface area contributed by atoms with Crippen LogP contribution in [0.5, 0.6) is 0 Å². The molecule has 0 radical (unpaired) electrons. The zero-order valence-corrected chi connectivity index (χ0v) is 18.1. The van der Waals surface area contributed by atoms with E-state index in [-0.39, 0.29) is 12.5 Å². The first-order valence-corrected chi connectivity index (χ1v) is 9.91. The van der Waals surface area contributed by atoms with Crippen LogP contribution < -0.4 is 10.6 Å². The van der Waals surface area contributed by atoms with Crippen LogP contribution in [0.3, 0.4) is 0 Å². The van der Waals surface area contributed by atoms with Gasteiger partial charge in [-0.3, -0.25) is 19.3 Å². The van der Waals surface area contributed by atoms with E-state index >= 15 is 0 Å². The van der Waals surface area contributed by atoms with Gasteiger partial charge in [-0.15, -0.1) is 0 Å². The fourth-order valence-electron chi connectivity index (χ4n) is 3.47. The van der Waals surface area contributed by atoms with Crippen LogP contribution in [-0.2, 0) is 19.9 Å². The molecule has 1 aliphatic rings. The number of rotatable bonds is 6. The van der Waals surface area contributed by atoms with E-state index in [0.717, 1.165) is 16.0 Å². The molecular formula is C23H26N4O4. The Morgan fingerprint density at radius 1 is 1.00 bits per heavy atom. The van der Waals surface area contributed by atoms with E-state index in [1.807, 2.05) is 38.1 Å². The summed E-state index contributed by atoms with van der Waals surface area (Å²) in [5.74, 6) is -1.43. The van der Waals surface area contributed by atoms with Crippen LogP contribution in [0.15, 0.2) is 48.5 Å². The highest BCUT2D eigenvalue weighted by molar-refractivity contribution is 6.11. The van der Waals surface area contributed by atoms with Crippen molar-refractivity contribution in [3.63, 3.8) is 0 Å². The molecule has 2 aromatic rings. The van der Waals surface area contributed by atoms with Gasteiger partial charge in [0.2, 0.25) is 11.8 Å². The van der Waals surface area contributed by atoms with Crippen molar-refractivity contribution in [1.29, 1.82) is 0 Å². The predicted octanol–water partition coefficient (Wildman–Crippen LogP) is 1.30. The number of nitrogens with zero attached hydrogens (tertiary/aromatic N) is 2. The van der Waals surface area contributed by atoms with Crippen LogP contribution in [0.25, 0.3) is 0 Å². The molecule has 3 rings (SSSR count). The Labute approximate surface area is 181 Å². The van der Waals surface area contributed by atoms with Crippen molar-refractivity contribution < 1.29 is 19.2 Å². The van der Waals surface area contributed by atoms with E-state index in [1.165, 1.54) is 4.90 Å². The first kappa shape index (κ1) is 22.0. The standard InChI is InChI=1S/C23H26N4O4/c1-15-10-11-18(12-16(15)2)23(17-8-6-5-7-9-17)21(30)27(22(31)25-23)14-19(28)24-13-20(29)26(3)4/h5-12H,13-14H2,1-4H3,(H,24,28)(H,25,31)/t23-/m1/s1. The molecule has 0 saturated carbocycles. The van der Waals surface area contributed by atoms with Crippen LogP contribution in [0.4, 0.5) is 4.79 Å². The molecule has 31 heavy (non-hydrogen) atoms. The molecule has 0 bridgehead atoms. The summed E-state index contributed by atoms with van der Waals surface area (Å²) in [4.78, 5) is 52.7. The molecule has 0 aromatic heterocycles. The summed E-state index contributed by atoms with van der Waals surface area (Å²) < 4.78 is 0. The molecule has 162 valence electrons. The molecule has 1 fully saturated rings. The minimum atomic E-state index is -1.43. The van der Waals surface area contributed by atoms with Crippen molar-refractivity contribution in [2.75, 3.05) is 27.2 Å². The molecule has 1 atom stereocenters. The summed E-state index contributed by atoms with van der Waals surface area (Å²) in [7, 11) is 3.15. The number of carbonyl (C=O) groups excluding carboxylic acids is 4. The quantitative estimate of drug-likeness (QED) is 0.686. The second-order valence-electron chi connectivity index (χ2n) is 7.80. The minimum Gasteiger partial charge on any atom is -0.347 e. The maximum Gasteiger partial charge on any atom is 0.326 e. The highest BCUT2D eigenvalue weighted by Gasteiger charge is 2.54. The monoisotopic (exact) mass is 422 g/mol. The van der Waals surface area contributed by atoms with Crippen LogP contribution in [0.2, 0.25) is 0 Å². The SMILES string of the molecule is Cc1ccc([C@@]2(c3ccccc3)NC(=O)N(CC(=O)NCC(=O)N(C)C)C2=O)cc1C. The lowest BCUT2D eigenvalue weighted by Gasteiger charge is -2.28. The number of likely N-dealkylation sites (N-methyl/N-ethyl adjacent to an activating group) is 1. The number of carbonyl (C=O) groups is 4. The maximum atomic E-state index is 13.6. The van der Waals surface area contributed by atoms with Crippen molar-refractivity contribution in [3.05, 3.63) is 70.8 Å². The van der Waals surface area contributed by atoms with E-state index in [2.05, 4.69) is 10.6 Å². The number of imide groups is 1. The third kappa shape index (κ3) is 4.14. The van der Waals surface area contributed by atoms with Crippen molar-refractivity contribution in [2.45, 2.75) is 19.4 Å². The minimum absolute atomic E-state index is 0.212. The van der Waals surface area contributed by atoms with Crippen molar-refractivity contribution in [1.82, 2.24) is 20.4 Å². The molecule has 0 aliphatic carbocycles. The average Bonchev–Trinajstić information content (AvgIpc) is 3.00. The second kappa shape index (κ2) is 8.59. The van der Waals surface area contributed by atoms with Gasteiger partial charge in [-0.05, 0) is 36.1 Å². The lowest BCUT2D eigenvalue weighted by Crippen LogP contribution is -2.46. The van der Waals surface area contributed by atoms with E-state index in [1.54, 1.807) is 38.4 Å². The lowest BCUT2D eigenvalue weighted by molar-refractivity contribution is -0.135. The van der Waals surface area contributed by atoms with Crippen LogP contribution in [0.1, 0.15) is 22.3 Å². The van der Waals surface area contributed by atoms with Gasteiger partial charge in [0.25, 0.3) is 5.91 Å². The fraction of sp³-hybridized carbons (Fsp3) is 0.304. The van der Waals surface area contributed by atoms with E-state index in [0.29, 0.717) is 11.1 Å². The second-order valence-corrected chi connectivity index (χ2v) is 7.80. The topological polar surface area (TPSA) is 98.8 Å². The number of hydrogen-bond acceptors (Lipinski definition) is 4. The Balaban J connectivity index is 1.94. The molecule has 8 heteroatoms. The molecule has 1 saturated heterocycles. The first-order chi connectivity index (χ1) is 14.7. The summed E-state index contributed by atoms with van der Waals surface area (Å²) in [6.45, 7) is 3.21. The van der Waals surface area contributed by atoms with Crippen LogP contribution in [-0.4, -0.2) is 60.7 Å². The van der Waals surface area contributed by atoms with Gasteiger partial charge in [-0.1, -0.05) is 48.5 Å². The first-order valence-electron chi connectivity index (χ1n) is 9.91. The molecule has 0 unspecified atom stereocenters. The Bertz CT molecular complexity index is 1040. The molecular weight excluding hydrogens is 396 g/mol. The highest BCUT2D eigenvalue weighted by Crippen LogP contribution is 2.36. The highest BCUT2D eigenvalue weighted by atomic mass is 16.2. The summed E-state index contributed by atoms with van der Waals surface area (Å²) in [6.07, 6.45) is 0. The molecule has 1 heterocycles. The van der Waals surface area contributed by atoms with Gasteiger partial charge in [0.15, 0.2) is 5.54 Å². The lowest BCUT2D eigenvalue weighted by atomic mass is 9.81. The third-order valence-corrected chi connectivity index (χ3v) is 5.49. The Hall–Kier alpha value is -3.68. The molecule has 2 N–H and O–H groups in total. The van der Waals surface area contributed by atoms with Crippen LogP contribution >= 0.6 is 0 Å². The maximum absolute atomic E-state index is 13.6. The van der Waals surface area contributed by atoms with Gasteiger partial charge >= 0.3 is 6.03 Å². The Kier molecular flexibility index (Phi) is 6.10. The van der Waals surface area contributed by atoms with Gasteiger partial charge in [0.05, 0.1) is 6.54 Å². The number of amides is 5. The Morgan fingerprint density at radius 3 is 2.29 bits per heavy atom. The van der Waals surface area contributed by atoms with E-state index < -0.39 is 29.9 Å². The van der Waals surface area contributed by atoms with Crippen LogP contribution in [0, 0.1) is 13.8 Å². The normalized spacial score (nSPS) is 18.0. The van der Waals surface area contributed by atoms with Gasteiger partial charge in [0, 0.05) is 14.1 Å². The van der Waals surface area contributed by atoms with E-state index in [9.17, 15) is 19.2 Å². The van der Waals surface area contributed by atoms with Gasteiger partial charge in [-0.25, -0.2) is 4.79 Å². The fourth-order valence-corrected chi connectivity index (χ4v) is 3.47. The van der Waals surface area contributed by atoms with Gasteiger partial charge in [0.1, 0.15) is 6.54 Å². The summed E-state index contributed by atoms with van der Waals surface area (Å²) in [6, 6.07) is 13.9. The van der Waals surface area contributed by atoms with Gasteiger partial charge < -0.3 is 15.5 Å². The smallest absolute Gasteiger partial charge is 0.326 e. The number of urea groups is 1. The zero-order chi connectivity index (χ0) is 22.8. The van der Waals surface area contributed by atoms with E-state index in [4.69, 9.17) is 0 Å². The average molecular weight is 422 g/mol. The number of aryl methyl sites for hydroxylation is 2. The Morgan fingerprint density at radius 2 is 1.68 bits per heavy atom. The number of nitrogens with one attached hydrogen (secondary N) is 2. The third-order valence-electron chi connectivity index (χ3n) is 5.49. The molecule has 8 nitrogen and oxygen atoms in total. The largest absolute Gasteiger partial charge is 0.347 e. The molecule has 1 aliphatic heterocycles. The summed E-state index contributed by atoms with van der Waals surface area (Å²) >= 11 is 0. The van der Waals surface area contributed by atoms with Gasteiger partial charge in [-0.2, -0.15) is 0 Å². The number of hydrogen-bond donors (Lipinski definition) is 2. The molecule has 0 spiro atoms. The summed E-state index contributed by atoms with van der Waals surface area (Å²) in [5, 5.41) is 5.27. The molecule has 2 aromatic carbocycles. The van der Waals surface area contributed by atoms with Crippen molar-refractivity contribution >= 4 is 23.8 Å². The molecule has 5 amide bonds. The van der Waals surface area contributed by atoms with Crippen molar-refractivity contribution in [3.8, 4) is 0 Å². The number of benzene rings is 2.